The fraction of sp³-hybridized carbons (Fsp3) is 0.250. The van der Waals surface area contributed by atoms with Crippen molar-refractivity contribution in [1.82, 2.24) is 4.57 Å². The van der Waals surface area contributed by atoms with Crippen LogP contribution in [0.5, 0.6) is 11.5 Å². The highest BCUT2D eigenvalue weighted by Gasteiger charge is 2.15. The second-order valence-electron chi connectivity index (χ2n) is 5.03. The van der Waals surface area contributed by atoms with Crippen LogP contribution in [0.1, 0.15) is 22.4 Å². The van der Waals surface area contributed by atoms with Gasteiger partial charge in [-0.05, 0) is 43.2 Å². The Hall–Kier alpha value is -2.74. The summed E-state index contributed by atoms with van der Waals surface area (Å²) in [4.78, 5) is 12.4. The van der Waals surface area contributed by atoms with Crippen molar-refractivity contribution in [3.8, 4) is 17.6 Å². The molecule has 106 valence electrons. The van der Waals surface area contributed by atoms with E-state index in [1.807, 2.05) is 37.3 Å². The molecule has 1 aromatic carbocycles. The van der Waals surface area contributed by atoms with Gasteiger partial charge < -0.3 is 14.0 Å². The van der Waals surface area contributed by atoms with Gasteiger partial charge in [-0.1, -0.05) is 6.07 Å². The minimum absolute atomic E-state index is 0.196. The first-order valence-electron chi connectivity index (χ1n) is 6.60. The second kappa shape index (κ2) is 4.98. The van der Waals surface area contributed by atoms with Crippen molar-refractivity contribution in [2.24, 2.45) is 0 Å². The number of rotatable bonds is 2. The molecule has 1 aliphatic rings. The highest BCUT2D eigenvalue weighted by atomic mass is 16.7. The predicted octanol–water partition coefficient (Wildman–Crippen LogP) is 2.11. The molecule has 0 aliphatic carbocycles. The number of benzene rings is 1. The Morgan fingerprint density at radius 2 is 2.00 bits per heavy atom. The van der Waals surface area contributed by atoms with Crippen LogP contribution in [0.4, 0.5) is 0 Å². The molecule has 1 aromatic heterocycles. The van der Waals surface area contributed by atoms with Crippen molar-refractivity contribution in [2.75, 3.05) is 6.79 Å². The maximum Gasteiger partial charge on any atom is 0.269 e. The number of aromatic nitrogens is 1. The third-order valence-electron chi connectivity index (χ3n) is 3.59. The minimum Gasteiger partial charge on any atom is -0.454 e. The SMILES string of the molecule is Cc1cc(C)n(Cc2ccc3c(c2)OCO3)c(=O)c1C#N. The average molecular weight is 282 g/mol. The molecule has 2 aromatic rings. The number of ether oxygens (including phenoxy) is 2. The van der Waals surface area contributed by atoms with Gasteiger partial charge in [0.1, 0.15) is 11.6 Å². The Bertz CT molecular complexity index is 815. The summed E-state index contributed by atoms with van der Waals surface area (Å²) < 4.78 is 12.2. The molecule has 21 heavy (non-hydrogen) atoms. The van der Waals surface area contributed by atoms with Crippen molar-refractivity contribution in [3.63, 3.8) is 0 Å². The molecule has 0 saturated carbocycles. The van der Waals surface area contributed by atoms with Crippen LogP contribution in [-0.2, 0) is 6.54 Å². The summed E-state index contributed by atoms with van der Waals surface area (Å²) >= 11 is 0. The van der Waals surface area contributed by atoms with Gasteiger partial charge in [-0.2, -0.15) is 5.26 Å². The molecule has 5 nitrogen and oxygen atoms in total. The van der Waals surface area contributed by atoms with Gasteiger partial charge in [0, 0.05) is 5.69 Å². The Labute approximate surface area is 122 Å². The second-order valence-corrected chi connectivity index (χ2v) is 5.03. The molecule has 3 rings (SSSR count). The fourth-order valence-corrected chi connectivity index (χ4v) is 2.48. The van der Waals surface area contributed by atoms with Crippen molar-refractivity contribution in [3.05, 3.63) is 57.0 Å². The van der Waals surface area contributed by atoms with Crippen LogP contribution in [0.2, 0.25) is 0 Å². The van der Waals surface area contributed by atoms with Crippen molar-refractivity contribution in [2.45, 2.75) is 20.4 Å². The summed E-state index contributed by atoms with van der Waals surface area (Å²) in [5.41, 5.74) is 2.40. The zero-order valence-corrected chi connectivity index (χ0v) is 11.8. The molecule has 0 unspecified atom stereocenters. The van der Waals surface area contributed by atoms with Crippen LogP contribution in [0.15, 0.2) is 29.1 Å². The third kappa shape index (κ3) is 2.25. The fourth-order valence-electron chi connectivity index (χ4n) is 2.48. The molecular weight excluding hydrogens is 268 g/mol. The zero-order chi connectivity index (χ0) is 15.0. The number of aryl methyl sites for hydroxylation is 2. The summed E-state index contributed by atoms with van der Waals surface area (Å²) in [6.45, 7) is 4.26. The van der Waals surface area contributed by atoms with Crippen LogP contribution < -0.4 is 15.0 Å². The number of fused-ring (bicyclic) bond motifs is 1. The molecule has 0 spiro atoms. The zero-order valence-electron chi connectivity index (χ0n) is 11.8. The first kappa shape index (κ1) is 13.3. The van der Waals surface area contributed by atoms with E-state index in [2.05, 4.69) is 0 Å². The van der Waals surface area contributed by atoms with E-state index in [1.54, 1.807) is 11.5 Å². The predicted molar refractivity (Wildman–Crippen MR) is 76.6 cm³/mol. The van der Waals surface area contributed by atoms with Crippen molar-refractivity contribution < 1.29 is 9.47 Å². The van der Waals surface area contributed by atoms with E-state index in [4.69, 9.17) is 14.7 Å². The molecule has 1 aliphatic heterocycles. The first-order valence-corrected chi connectivity index (χ1v) is 6.60. The van der Waals surface area contributed by atoms with Gasteiger partial charge in [-0.3, -0.25) is 4.79 Å². The molecule has 0 saturated heterocycles. The van der Waals surface area contributed by atoms with E-state index in [1.165, 1.54) is 0 Å². The van der Waals surface area contributed by atoms with Crippen LogP contribution in [0.3, 0.4) is 0 Å². The summed E-state index contributed by atoms with van der Waals surface area (Å²) in [6.07, 6.45) is 0. The highest BCUT2D eigenvalue weighted by Crippen LogP contribution is 2.32. The largest absolute Gasteiger partial charge is 0.454 e. The maximum atomic E-state index is 12.4. The topological polar surface area (TPSA) is 64.2 Å². The van der Waals surface area contributed by atoms with Crippen LogP contribution in [0, 0.1) is 25.2 Å². The Balaban J connectivity index is 2.03. The lowest BCUT2D eigenvalue weighted by atomic mass is 10.1. The van der Waals surface area contributed by atoms with E-state index >= 15 is 0 Å². The molecule has 0 radical (unpaired) electrons. The number of hydrogen-bond donors (Lipinski definition) is 0. The number of nitriles is 1. The lowest BCUT2D eigenvalue weighted by Crippen LogP contribution is -2.26. The third-order valence-corrected chi connectivity index (χ3v) is 3.59. The molecule has 0 N–H and O–H groups in total. The molecule has 2 heterocycles. The van der Waals surface area contributed by atoms with Crippen LogP contribution in [0.25, 0.3) is 0 Å². The van der Waals surface area contributed by atoms with Crippen molar-refractivity contribution >= 4 is 0 Å². The minimum atomic E-state index is -0.257. The molecule has 5 heteroatoms. The summed E-state index contributed by atoms with van der Waals surface area (Å²) in [6, 6.07) is 9.42. The van der Waals surface area contributed by atoms with E-state index < -0.39 is 0 Å². The summed E-state index contributed by atoms with van der Waals surface area (Å²) in [5, 5.41) is 9.11. The number of nitrogens with zero attached hydrogens (tertiary/aromatic N) is 2. The van der Waals surface area contributed by atoms with E-state index in [9.17, 15) is 4.79 Å². The highest BCUT2D eigenvalue weighted by molar-refractivity contribution is 5.45. The normalized spacial score (nSPS) is 12.2. The van der Waals surface area contributed by atoms with Gasteiger partial charge >= 0.3 is 0 Å². The molecule has 0 fully saturated rings. The monoisotopic (exact) mass is 282 g/mol. The molecular formula is C16H14N2O3. The quantitative estimate of drug-likeness (QED) is 0.846. The average Bonchev–Trinajstić information content (AvgIpc) is 2.91. The van der Waals surface area contributed by atoms with Crippen LogP contribution >= 0.6 is 0 Å². The Morgan fingerprint density at radius 3 is 2.76 bits per heavy atom. The maximum absolute atomic E-state index is 12.4. The van der Waals surface area contributed by atoms with Gasteiger partial charge in [-0.15, -0.1) is 0 Å². The van der Waals surface area contributed by atoms with Gasteiger partial charge in [0.15, 0.2) is 11.5 Å². The summed E-state index contributed by atoms with van der Waals surface area (Å²) in [7, 11) is 0. The lowest BCUT2D eigenvalue weighted by molar-refractivity contribution is 0.174. The van der Waals surface area contributed by atoms with E-state index in [0.717, 1.165) is 11.3 Å². The molecule has 0 amide bonds. The standard InChI is InChI=1S/C16H14N2O3/c1-10-5-11(2)18(16(19)13(10)7-17)8-12-3-4-14-15(6-12)21-9-20-14/h3-6H,8-9H2,1-2H3. The van der Waals surface area contributed by atoms with E-state index in [0.29, 0.717) is 23.6 Å². The molecule has 0 bridgehead atoms. The lowest BCUT2D eigenvalue weighted by Gasteiger charge is -2.12. The van der Waals surface area contributed by atoms with Gasteiger partial charge in [0.05, 0.1) is 6.54 Å². The van der Waals surface area contributed by atoms with Crippen molar-refractivity contribution in [1.29, 1.82) is 5.26 Å². The van der Waals surface area contributed by atoms with Crippen LogP contribution in [-0.4, -0.2) is 11.4 Å². The van der Waals surface area contributed by atoms with Gasteiger partial charge in [0.25, 0.3) is 5.56 Å². The first-order chi connectivity index (χ1) is 10.1. The number of hydrogen-bond acceptors (Lipinski definition) is 4. The summed E-state index contributed by atoms with van der Waals surface area (Å²) in [5.74, 6) is 1.40. The van der Waals surface area contributed by atoms with Gasteiger partial charge in [0.2, 0.25) is 6.79 Å². The Kier molecular flexibility index (Phi) is 3.15. The van der Waals surface area contributed by atoms with E-state index in [-0.39, 0.29) is 17.9 Å². The van der Waals surface area contributed by atoms with Gasteiger partial charge in [-0.25, -0.2) is 0 Å². The smallest absolute Gasteiger partial charge is 0.269 e. The number of pyridine rings is 1. The molecule has 0 atom stereocenters. The Morgan fingerprint density at radius 1 is 1.24 bits per heavy atom.